The maximum absolute atomic E-state index is 10.3. The lowest BCUT2D eigenvalue weighted by Gasteiger charge is -2.33. The summed E-state index contributed by atoms with van der Waals surface area (Å²) in [6.45, 7) is 2.52. The molecule has 0 fully saturated rings. The Labute approximate surface area is 142 Å². The second-order valence-corrected chi connectivity index (χ2v) is 6.09. The summed E-state index contributed by atoms with van der Waals surface area (Å²) in [5.41, 5.74) is 2.11. The van der Waals surface area contributed by atoms with Crippen LogP contribution in [0.5, 0.6) is 5.75 Å². The number of β-amino-alcohol motifs (C(OH)–C–C–N with tert-alkyl or cyclic N) is 1. The lowest BCUT2D eigenvalue weighted by molar-refractivity contribution is 0.0251. The molecular weight excluding hydrogens is 308 g/mol. The highest BCUT2D eigenvalue weighted by molar-refractivity contribution is 5.66. The number of rotatable bonds is 7. The largest absolute Gasteiger partial charge is 0.489 e. The fourth-order valence-electron chi connectivity index (χ4n) is 2.73. The van der Waals surface area contributed by atoms with Gasteiger partial charge in [-0.05, 0) is 24.3 Å². The van der Waals surface area contributed by atoms with Gasteiger partial charge in [0.25, 0.3) is 0 Å². The number of fused-ring (bicyclic) bond motifs is 1. The van der Waals surface area contributed by atoms with Crippen LogP contribution in [0.1, 0.15) is 5.76 Å². The molecule has 130 valence electrons. The molecule has 1 unspecified atom stereocenters. The summed E-state index contributed by atoms with van der Waals surface area (Å²) in [6.07, 6.45) is 1.04. The first-order valence-electron chi connectivity index (χ1n) is 8.11. The highest BCUT2D eigenvalue weighted by atomic mass is 16.5. The van der Waals surface area contributed by atoms with E-state index < -0.39 is 6.10 Å². The van der Waals surface area contributed by atoms with Crippen LogP contribution in [0, 0.1) is 0 Å². The summed E-state index contributed by atoms with van der Waals surface area (Å²) in [6, 6.07) is 9.80. The van der Waals surface area contributed by atoms with Gasteiger partial charge in [-0.3, -0.25) is 0 Å². The highest BCUT2D eigenvalue weighted by Crippen LogP contribution is 2.34. The molecule has 2 aromatic rings. The third-order valence-corrected chi connectivity index (χ3v) is 3.99. The van der Waals surface area contributed by atoms with Gasteiger partial charge < -0.3 is 28.8 Å². The number of aliphatic hydroxyl groups is 1. The fraction of sp³-hybridized carbons (Fsp3) is 0.444. The van der Waals surface area contributed by atoms with Crippen molar-refractivity contribution in [3.63, 3.8) is 0 Å². The molecule has 1 aliphatic heterocycles. The number of anilines is 2. The average molecular weight is 332 g/mol. The number of furan rings is 1. The quantitative estimate of drug-likeness (QED) is 0.838. The van der Waals surface area contributed by atoms with Gasteiger partial charge in [-0.1, -0.05) is 0 Å². The van der Waals surface area contributed by atoms with Gasteiger partial charge in [0.2, 0.25) is 0 Å². The summed E-state index contributed by atoms with van der Waals surface area (Å²) in [7, 11) is 4.00. The monoisotopic (exact) mass is 332 g/mol. The van der Waals surface area contributed by atoms with E-state index in [1.54, 1.807) is 6.26 Å². The topological polar surface area (TPSA) is 58.3 Å². The Kier molecular flexibility index (Phi) is 5.27. The Balaban J connectivity index is 1.56. The second-order valence-electron chi connectivity index (χ2n) is 6.09. The van der Waals surface area contributed by atoms with Crippen molar-refractivity contribution in [2.45, 2.75) is 12.7 Å². The molecule has 0 spiro atoms. The van der Waals surface area contributed by atoms with Gasteiger partial charge in [-0.15, -0.1) is 0 Å². The van der Waals surface area contributed by atoms with Crippen LogP contribution in [0.15, 0.2) is 41.0 Å². The molecule has 24 heavy (non-hydrogen) atoms. The summed E-state index contributed by atoms with van der Waals surface area (Å²) < 4.78 is 16.5. The third-order valence-electron chi connectivity index (χ3n) is 3.99. The van der Waals surface area contributed by atoms with E-state index in [4.69, 9.17) is 13.9 Å². The van der Waals surface area contributed by atoms with E-state index in [0.717, 1.165) is 29.4 Å². The van der Waals surface area contributed by atoms with Crippen molar-refractivity contribution in [2.24, 2.45) is 0 Å². The number of ether oxygens (including phenoxy) is 2. The van der Waals surface area contributed by atoms with Crippen LogP contribution in [-0.2, 0) is 11.3 Å². The first-order chi connectivity index (χ1) is 11.6. The zero-order valence-electron chi connectivity index (χ0n) is 14.1. The predicted molar refractivity (Wildman–Crippen MR) is 92.8 cm³/mol. The Hall–Kier alpha value is -2.18. The lowest BCUT2D eigenvalue weighted by atomic mass is 10.2. The van der Waals surface area contributed by atoms with Crippen LogP contribution in [0.3, 0.4) is 0 Å². The molecule has 6 heteroatoms. The molecule has 0 saturated carbocycles. The van der Waals surface area contributed by atoms with Gasteiger partial charge in [0, 0.05) is 32.4 Å². The van der Waals surface area contributed by atoms with E-state index in [0.29, 0.717) is 19.8 Å². The summed E-state index contributed by atoms with van der Waals surface area (Å²) in [5.74, 6) is 1.62. The zero-order valence-corrected chi connectivity index (χ0v) is 14.1. The van der Waals surface area contributed by atoms with Crippen molar-refractivity contribution in [3.05, 3.63) is 42.4 Å². The van der Waals surface area contributed by atoms with E-state index in [2.05, 4.69) is 11.0 Å². The predicted octanol–water partition coefficient (Wildman–Crippen LogP) is 2.12. The van der Waals surface area contributed by atoms with E-state index in [9.17, 15) is 5.11 Å². The molecule has 0 aliphatic carbocycles. The van der Waals surface area contributed by atoms with Gasteiger partial charge in [0.1, 0.15) is 24.7 Å². The van der Waals surface area contributed by atoms with Crippen LogP contribution in [0.25, 0.3) is 0 Å². The van der Waals surface area contributed by atoms with Crippen molar-refractivity contribution in [3.8, 4) is 5.75 Å². The van der Waals surface area contributed by atoms with Gasteiger partial charge in [0.05, 0.1) is 31.2 Å². The van der Waals surface area contributed by atoms with Crippen molar-refractivity contribution in [2.75, 3.05) is 50.2 Å². The molecule has 0 radical (unpaired) electrons. The summed E-state index contributed by atoms with van der Waals surface area (Å²) in [4.78, 5) is 4.18. The number of benzene rings is 1. The minimum Gasteiger partial charge on any atom is -0.489 e. The molecule has 0 amide bonds. The standard InChI is InChI=1S/C18H24N2O4/c1-19(2)14-5-6-17-18(10-14)24-9-7-20(17)11-15(21)12-22-13-16-4-3-8-23-16/h3-6,8,10,15,21H,7,9,11-13H2,1-2H3. The van der Waals surface area contributed by atoms with Crippen molar-refractivity contribution in [1.29, 1.82) is 0 Å². The summed E-state index contributed by atoms with van der Waals surface area (Å²) in [5, 5.41) is 10.3. The number of nitrogens with zero attached hydrogens (tertiary/aromatic N) is 2. The first-order valence-corrected chi connectivity index (χ1v) is 8.11. The molecule has 1 atom stereocenters. The van der Waals surface area contributed by atoms with Crippen LogP contribution < -0.4 is 14.5 Å². The molecule has 2 heterocycles. The number of aliphatic hydroxyl groups excluding tert-OH is 1. The van der Waals surface area contributed by atoms with Crippen LogP contribution >= 0.6 is 0 Å². The molecule has 6 nitrogen and oxygen atoms in total. The van der Waals surface area contributed by atoms with Gasteiger partial charge in [-0.25, -0.2) is 0 Å². The lowest BCUT2D eigenvalue weighted by Crippen LogP contribution is -2.40. The third kappa shape index (κ3) is 4.01. The van der Waals surface area contributed by atoms with Crippen LogP contribution in [0.4, 0.5) is 11.4 Å². The Morgan fingerprint density at radius 3 is 2.96 bits per heavy atom. The van der Waals surface area contributed by atoms with Crippen molar-refractivity contribution >= 4 is 11.4 Å². The van der Waals surface area contributed by atoms with Crippen molar-refractivity contribution < 1.29 is 19.0 Å². The van der Waals surface area contributed by atoms with Gasteiger partial charge in [-0.2, -0.15) is 0 Å². The minimum atomic E-state index is -0.570. The van der Waals surface area contributed by atoms with E-state index in [1.807, 2.05) is 43.3 Å². The maximum Gasteiger partial charge on any atom is 0.144 e. The molecule has 1 aromatic heterocycles. The summed E-state index contributed by atoms with van der Waals surface area (Å²) >= 11 is 0. The molecule has 0 bridgehead atoms. The Morgan fingerprint density at radius 2 is 2.21 bits per heavy atom. The number of hydrogen-bond donors (Lipinski definition) is 1. The Morgan fingerprint density at radius 1 is 1.33 bits per heavy atom. The smallest absolute Gasteiger partial charge is 0.144 e. The SMILES string of the molecule is CN(C)c1ccc2c(c1)OCCN2CC(O)COCc1ccco1. The van der Waals surface area contributed by atoms with E-state index in [1.165, 1.54) is 0 Å². The van der Waals surface area contributed by atoms with E-state index in [-0.39, 0.29) is 6.61 Å². The van der Waals surface area contributed by atoms with Gasteiger partial charge >= 0.3 is 0 Å². The molecule has 1 N–H and O–H groups in total. The fourth-order valence-corrected chi connectivity index (χ4v) is 2.73. The zero-order chi connectivity index (χ0) is 16.9. The van der Waals surface area contributed by atoms with Crippen molar-refractivity contribution in [1.82, 2.24) is 0 Å². The van der Waals surface area contributed by atoms with Crippen LogP contribution in [-0.4, -0.2) is 51.6 Å². The van der Waals surface area contributed by atoms with Crippen LogP contribution in [0.2, 0.25) is 0 Å². The molecule has 3 rings (SSSR count). The van der Waals surface area contributed by atoms with E-state index >= 15 is 0 Å². The van der Waals surface area contributed by atoms with Gasteiger partial charge in [0.15, 0.2) is 0 Å². The highest BCUT2D eigenvalue weighted by Gasteiger charge is 2.21. The maximum atomic E-state index is 10.3. The number of hydrogen-bond acceptors (Lipinski definition) is 6. The first kappa shape index (κ1) is 16.7. The molecule has 0 saturated heterocycles. The normalized spacial score (nSPS) is 14.9. The Bertz CT molecular complexity index is 642. The molecule has 1 aliphatic rings. The second kappa shape index (κ2) is 7.59. The minimum absolute atomic E-state index is 0.267. The molecule has 1 aromatic carbocycles. The average Bonchev–Trinajstić information content (AvgIpc) is 3.08. The molecular formula is C18H24N2O4.